The van der Waals surface area contributed by atoms with Crippen LogP contribution in [-0.2, 0) is 0 Å². The van der Waals surface area contributed by atoms with E-state index in [9.17, 15) is 4.79 Å². The van der Waals surface area contributed by atoms with Crippen molar-refractivity contribution < 1.29 is 4.79 Å². The van der Waals surface area contributed by atoms with E-state index in [0.29, 0.717) is 20.8 Å². The lowest BCUT2D eigenvalue weighted by atomic mass is 9.86. The molecule has 1 aromatic carbocycles. The van der Waals surface area contributed by atoms with Crippen LogP contribution in [0.2, 0.25) is 5.02 Å². The first kappa shape index (κ1) is 15.3. The third kappa shape index (κ3) is 3.42. The summed E-state index contributed by atoms with van der Waals surface area (Å²) in [7, 11) is 0. The van der Waals surface area contributed by atoms with Gasteiger partial charge in [-0.3, -0.25) is 4.79 Å². The predicted molar refractivity (Wildman–Crippen MR) is 92.2 cm³/mol. The molecule has 1 saturated carbocycles. The summed E-state index contributed by atoms with van der Waals surface area (Å²) < 4.78 is 0. The van der Waals surface area contributed by atoms with Crippen molar-refractivity contribution in [3.63, 3.8) is 0 Å². The van der Waals surface area contributed by atoms with Crippen LogP contribution in [0.15, 0.2) is 24.3 Å². The number of Topliss-reactive ketones (excluding diaryl/α,β-unsaturated/α-hetero) is 1. The van der Waals surface area contributed by atoms with Crippen molar-refractivity contribution in [2.24, 2.45) is 5.92 Å². The first-order valence-corrected chi connectivity index (χ1v) is 8.66. The maximum atomic E-state index is 12.6. The Morgan fingerprint density at radius 1 is 1.23 bits per heavy atom. The number of carbonyl (C=O) groups excluding carboxylic acids is 1. The number of thiazole rings is 1. The molecule has 0 amide bonds. The van der Waals surface area contributed by atoms with Crippen LogP contribution >= 0.6 is 22.9 Å². The summed E-state index contributed by atoms with van der Waals surface area (Å²) in [6.45, 7) is 0. The topological polar surface area (TPSA) is 68.0 Å². The van der Waals surface area contributed by atoms with E-state index in [0.717, 1.165) is 31.4 Å². The number of nitrogens with two attached hydrogens (primary N) is 1. The predicted octanol–water partition coefficient (Wildman–Crippen LogP) is 4.89. The molecular formula is C16H18ClN3OS. The van der Waals surface area contributed by atoms with Crippen LogP contribution in [0.5, 0.6) is 0 Å². The van der Waals surface area contributed by atoms with Crippen molar-refractivity contribution in [3.05, 3.63) is 34.2 Å². The number of nitrogen functional groups attached to an aromatic ring is 1. The molecule has 0 saturated heterocycles. The summed E-state index contributed by atoms with van der Waals surface area (Å²) in [6.07, 6.45) is 5.42. The smallest absolute Gasteiger partial charge is 0.189 e. The van der Waals surface area contributed by atoms with Gasteiger partial charge in [0.1, 0.15) is 10.7 Å². The summed E-state index contributed by atoms with van der Waals surface area (Å²) in [5, 5.41) is 4.48. The molecule has 0 spiro atoms. The molecule has 0 atom stereocenters. The van der Waals surface area contributed by atoms with Crippen LogP contribution < -0.4 is 11.1 Å². The van der Waals surface area contributed by atoms with Crippen molar-refractivity contribution in [2.45, 2.75) is 32.1 Å². The number of benzene rings is 1. The molecule has 6 heteroatoms. The minimum absolute atomic E-state index is 0.111. The van der Waals surface area contributed by atoms with Crippen molar-refractivity contribution in [1.29, 1.82) is 0 Å². The van der Waals surface area contributed by atoms with Gasteiger partial charge >= 0.3 is 0 Å². The Kier molecular flexibility index (Phi) is 4.64. The highest BCUT2D eigenvalue weighted by Gasteiger charge is 2.26. The number of halogens is 1. The van der Waals surface area contributed by atoms with Gasteiger partial charge in [0.2, 0.25) is 0 Å². The van der Waals surface area contributed by atoms with Gasteiger partial charge in [-0.15, -0.1) is 0 Å². The highest BCUT2D eigenvalue weighted by Crippen LogP contribution is 2.34. The number of carbonyl (C=O) groups is 1. The molecule has 1 heterocycles. The van der Waals surface area contributed by atoms with Gasteiger partial charge in [-0.1, -0.05) is 42.2 Å². The lowest BCUT2D eigenvalue weighted by Gasteiger charge is -2.19. The first-order valence-electron chi connectivity index (χ1n) is 7.46. The molecule has 0 radical (unpaired) electrons. The maximum absolute atomic E-state index is 12.6. The first-order chi connectivity index (χ1) is 10.6. The highest BCUT2D eigenvalue weighted by molar-refractivity contribution is 7.18. The van der Waals surface area contributed by atoms with Crippen molar-refractivity contribution >= 4 is 45.4 Å². The van der Waals surface area contributed by atoms with E-state index >= 15 is 0 Å². The normalized spacial score (nSPS) is 15.7. The Morgan fingerprint density at radius 3 is 2.59 bits per heavy atom. The SMILES string of the molecule is Nc1nc(Nc2ccc(Cl)cc2)sc1C(=O)C1CCCCC1. The monoisotopic (exact) mass is 335 g/mol. The van der Waals surface area contributed by atoms with Gasteiger partial charge in [-0.25, -0.2) is 4.98 Å². The van der Waals surface area contributed by atoms with Gasteiger partial charge in [0.25, 0.3) is 0 Å². The summed E-state index contributed by atoms with van der Waals surface area (Å²) in [6, 6.07) is 7.33. The fourth-order valence-corrected chi connectivity index (χ4v) is 3.82. The molecule has 3 N–H and O–H groups in total. The quantitative estimate of drug-likeness (QED) is 0.781. The van der Waals surface area contributed by atoms with Crippen molar-refractivity contribution in [3.8, 4) is 0 Å². The van der Waals surface area contributed by atoms with E-state index in [2.05, 4.69) is 10.3 Å². The van der Waals surface area contributed by atoms with Gasteiger partial charge in [-0.05, 0) is 37.1 Å². The third-order valence-corrected chi connectivity index (χ3v) is 5.20. The fourth-order valence-electron chi connectivity index (χ4n) is 2.77. The lowest BCUT2D eigenvalue weighted by molar-refractivity contribution is 0.0894. The molecule has 2 aromatic rings. The zero-order valence-electron chi connectivity index (χ0n) is 12.1. The maximum Gasteiger partial charge on any atom is 0.189 e. The van der Waals surface area contributed by atoms with Crippen molar-refractivity contribution in [2.75, 3.05) is 11.1 Å². The number of aromatic nitrogens is 1. The van der Waals surface area contributed by atoms with E-state index < -0.39 is 0 Å². The van der Waals surface area contributed by atoms with Gasteiger partial charge in [0.15, 0.2) is 10.9 Å². The number of anilines is 3. The Morgan fingerprint density at radius 2 is 1.91 bits per heavy atom. The average molecular weight is 336 g/mol. The van der Waals surface area contributed by atoms with E-state index in [1.54, 1.807) is 12.1 Å². The third-order valence-electron chi connectivity index (χ3n) is 3.95. The zero-order valence-corrected chi connectivity index (χ0v) is 13.7. The molecule has 3 rings (SSSR count). The molecule has 0 unspecified atom stereocenters. The van der Waals surface area contributed by atoms with Gasteiger partial charge in [0, 0.05) is 16.6 Å². The van der Waals surface area contributed by atoms with Gasteiger partial charge in [-0.2, -0.15) is 0 Å². The molecule has 1 aliphatic carbocycles. The van der Waals surface area contributed by atoms with Crippen molar-refractivity contribution in [1.82, 2.24) is 4.98 Å². The number of nitrogens with one attached hydrogen (secondary N) is 1. The molecule has 116 valence electrons. The molecule has 1 aliphatic rings. The standard InChI is InChI=1S/C16H18ClN3OS/c17-11-6-8-12(9-7-11)19-16-20-15(18)14(22-16)13(21)10-4-2-1-3-5-10/h6-10H,1-5,18H2,(H,19,20). The minimum atomic E-state index is 0.111. The van der Waals surface area contributed by atoms with Gasteiger partial charge in [0.05, 0.1) is 0 Å². The minimum Gasteiger partial charge on any atom is -0.382 e. The van der Waals surface area contributed by atoms with Crippen LogP contribution in [0, 0.1) is 5.92 Å². The Bertz CT molecular complexity index is 663. The van der Waals surface area contributed by atoms with E-state index in [4.69, 9.17) is 17.3 Å². The van der Waals surface area contributed by atoms with Crippen LogP contribution in [0.4, 0.5) is 16.6 Å². The average Bonchev–Trinajstić information content (AvgIpc) is 2.90. The molecule has 4 nitrogen and oxygen atoms in total. The number of hydrogen-bond donors (Lipinski definition) is 2. The number of nitrogens with zero attached hydrogens (tertiary/aromatic N) is 1. The molecular weight excluding hydrogens is 318 g/mol. The second kappa shape index (κ2) is 6.67. The van der Waals surface area contributed by atoms with E-state index in [1.807, 2.05) is 12.1 Å². The Labute approximate surface area is 138 Å². The largest absolute Gasteiger partial charge is 0.382 e. The summed E-state index contributed by atoms with van der Waals surface area (Å²) in [5.41, 5.74) is 6.81. The summed E-state index contributed by atoms with van der Waals surface area (Å²) in [5.74, 6) is 0.593. The highest BCUT2D eigenvalue weighted by atomic mass is 35.5. The molecule has 1 aromatic heterocycles. The lowest BCUT2D eigenvalue weighted by Crippen LogP contribution is -2.17. The summed E-state index contributed by atoms with van der Waals surface area (Å²) in [4.78, 5) is 17.4. The van der Waals surface area contributed by atoms with E-state index in [-0.39, 0.29) is 11.7 Å². The Balaban J connectivity index is 1.75. The van der Waals surface area contributed by atoms with Crippen LogP contribution in [0.1, 0.15) is 41.8 Å². The summed E-state index contributed by atoms with van der Waals surface area (Å²) >= 11 is 7.20. The van der Waals surface area contributed by atoms with Crippen LogP contribution in [0.25, 0.3) is 0 Å². The number of ketones is 1. The second-order valence-corrected chi connectivity index (χ2v) is 7.00. The molecule has 0 aliphatic heterocycles. The van der Waals surface area contributed by atoms with Crippen LogP contribution in [0.3, 0.4) is 0 Å². The van der Waals surface area contributed by atoms with Gasteiger partial charge < -0.3 is 11.1 Å². The fraction of sp³-hybridized carbons (Fsp3) is 0.375. The second-order valence-electron chi connectivity index (χ2n) is 5.56. The number of rotatable bonds is 4. The Hall–Kier alpha value is -1.59. The van der Waals surface area contributed by atoms with E-state index in [1.165, 1.54) is 17.8 Å². The molecule has 22 heavy (non-hydrogen) atoms. The van der Waals surface area contributed by atoms with Crippen LogP contribution in [-0.4, -0.2) is 10.8 Å². The number of hydrogen-bond acceptors (Lipinski definition) is 5. The molecule has 1 fully saturated rings. The zero-order chi connectivity index (χ0) is 15.5. The molecule has 0 bridgehead atoms.